The number of carbonyl (C=O) groups excluding carboxylic acids is 1. The maximum absolute atomic E-state index is 13.0. The summed E-state index contributed by atoms with van der Waals surface area (Å²) in [6.45, 7) is 1.05. The van der Waals surface area contributed by atoms with E-state index in [-0.39, 0.29) is 17.8 Å². The van der Waals surface area contributed by atoms with E-state index in [4.69, 9.17) is 14.2 Å². The lowest BCUT2D eigenvalue weighted by atomic mass is 9.81. The molecule has 3 aliphatic rings. The monoisotopic (exact) mass is 294 g/mol. The zero-order chi connectivity index (χ0) is 14.7. The highest BCUT2D eigenvalue weighted by Gasteiger charge is 2.44. The van der Waals surface area contributed by atoms with Gasteiger partial charge in [-0.15, -0.1) is 0 Å². The van der Waals surface area contributed by atoms with E-state index in [0.29, 0.717) is 24.5 Å². The second-order valence-electron chi connectivity index (χ2n) is 5.86. The van der Waals surface area contributed by atoms with Crippen LogP contribution in [0.3, 0.4) is 0 Å². The molecule has 4 heteroatoms. The van der Waals surface area contributed by atoms with Crippen molar-refractivity contribution in [1.82, 2.24) is 0 Å². The van der Waals surface area contributed by atoms with E-state index >= 15 is 0 Å². The van der Waals surface area contributed by atoms with Gasteiger partial charge in [0.2, 0.25) is 0 Å². The summed E-state index contributed by atoms with van der Waals surface area (Å²) >= 11 is 0. The first-order chi connectivity index (χ1) is 10.8. The quantitative estimate of drug-likeness (QED) is 0.749. The molecule has 0 aliphatic carbocycles. The van der Waals surface area contributed by atoms with Crippen molar-refractivity contribution in [3.05, 3.63) is 53.1 Å². The van der Waals surface area contributed by atoms with Crippen molar-refractivity contribution in [3.8, 4) is 17.2 Å². The summed E-state index contributed by atoms with van der Waals surface area (Å²) in [5, 5.41) is 0. The first kappa shape index (κ1) is 12.1. The third kappa shape index (κ3) is 1.49. The lowest BCUT2D eigenvalue weighted by Gasteiger charge is -2.37. The number of hydrogen-bond acceptors (Lipinski definition) is 4. The lowest BCUT2D eigenvalue weighted by Crippen LogP contribution is -2.43. The zero-order valence-corrected chi connectivity index (χ0v) is 11.9. The molecule has 5 rings (SSSR count). The van der Waals surface area contributed by atoms with E-state index in [2.05, 4.69) is 0 Å². The highest BCUT2D eigenvalue weighted by atomic mass is 16.5. The van der Waals surface area contributed by atoms with Gasteiger partial charge < -0.3 is 14.2 Å². The minimum absolute atomic E-state index is 0.122. The van der Waals surface area contributed by atoms with Crippen LogP contribution < -0.4 is 14.2 Å². The number of benzene rings is 2. The molecule has 2 aromatic carbocycles. The van der Waals surface area contributed by atoms with Gasteiger partial charge in [-0.3, -0.25) is 4.79 Å². The van der Waals surface area contributed by atoms with Crippen LogP contribution in [-0.2, 0) is 6.42 Å². The minimum atomic E-state index is -0.280. The second kappa shape index (κ2) is 4.26. The Labute approximate surface area is 127 Å². The fraction of sp³-hybridized carbons (Fsp3) is 0.278. The number of hydrogen-bond donors (Lipinski definition) is 0. The lowest BCUT2D eigenvalue weighted by molar-refractivity contribution is 0.0556. The number of ether oxygens (including phenoxy) is 3. The number of ketones is 1. The number of carbonyl (C=O) groups is 1. The van der Waals surface area contributed by atoms with E-state index in [1.54, 1.807) is 0 Å². The van der Waals surface area contributed by atoms with Crippen molar-refractivity contribution >= 4 is 5.78 Å². The molecule has 3 heterocycles. The summed E-state index contributed by atoms with van der Waals surface area (Å²) in [6, 6.07) is 11.4. The van der Waals surface area contributed by atoms with Crippen LogP contribution in [-0.4, -0.2) is 25.1 Å². The molecule has 0 aromatic heterocycles. The van der Waals surface area contributed by atoms with Gasteiger partial charge in [-0.05, 0) is 18.2 Å². The first-order valence-electron chi connectivity index (χ1n) is 7.54. The smallest absolute Gasteiger partial charge is 0.178 e. The average molecular weight is 294 g/mol. The Morgan fingerprint density at radius 2 is 1.91 bits per heavy atom. The van der Waals surface area contributed by atoms with Crippen molar-refractivity contribution in [1.29, 1.82) is 0 Å². The Kier molecular flexibility index (Phi) is 2.34. The standard InChI is InChI=1S/C18H14O4/c19-17-12-5-6-14-11(7-8-20-14)18(12)22-15-9-21-13-4-2-1-3-10(13)16(15)17/h1-6,15-16H,7-9H2. The molecule has 0 spiro atoms. The Bertz CT molecular complexity index is 796. The molecule has 4 nitrogen and oxygen atoms in total. The van der Waals surface area contributed by atoms with Crippen LogP contribution >= 0.6 is 0 Å². The Hall–Kier alpha value is -2.49. The third-order valence-electron chi connectivity index (χ3n) is 4.67. The average Bonchev–Trinajstić information content (AvgIpc) is 3.03. The van der Waals surface area contributed by atoms with Crippen molar-refractivity contribution in [2.45, 2.75) is 18.4 Å². The van der Waals surface area contributed by atoms with Crippen LogP contribution in [0.2, 0.25) is 0 Å². The highest BCUT2D eigenvalue weighted by Crippen LogP contribution is 2.46. The van der Waals surface area contributed by atoms with Crippen LogP contribution in [0.25, 0.3) is 0 Å². The molecule has 0 amide bonds. The van der Waals surface area contributed by atoms with Crippen LogP contribution in [0.1, 0.15) is 27.4 Å². The molecule has 2 aromatic rings. The Balaban J connectivity index is 1.67. The Morgan fingerprint density at radius 3 is 2.86 bits per heavy atom. The predicted octanol–water partition coefficient (Wildman–Crippen LogP) is 2.74. The number of Topliss-reactive ketones (excluding diaryl/α,β-unsaturated/α-hetero) is 1. The molecular weight excluding hydrogens is 280 g/mol. The van der Waals surface area contributed by atoms with Crippen molar-refractivity contribution in [2.24, 2.45) is 0 Å². The maximum Gasteiger partial charge on any atom is 0.178 e. The number of rotatable bonds is 0. The van der Waals surface area contributed by atoms with Crippen molar-refractivity contribution in [2.75, 3.05) is 13.2 Å². The molecule has 0 fully saturated rings. The van der Waals surface area contributed by atoms with Gasteiger partial charge in [0.15, 0.2) is 5.78 Å². The van der Waals surface area contributed by atoms with Gasteiger partial charge in [-0.25, -0.2) is 0 Å². The van der Waals surface area contributed by atoms with Crippen molar-refractivity contribution in [3.63, 3.8) is 0 Å². The minimum Gasteiger partial charge on any atom is -0.493 e. The van der Waals surface area contributed by atoms with Gasteiger partial charge in [-0.1, -0.05) is 18.2 Å². The molecule has 22 heavy (non-hydrogen) atoms. The largest absolute Gasteiger partial charge is 0.493 e. The summed E-state index contributed by atoms with van der Waals surface area (Å²) in [5.74, 6) is 2.16. The van der Waals surface area contributed by atoms with E-state index in [0.717, 1.165) is 29.0 Å². The summed E-state index contributed by atoms with van der Waals surface area (Å²) in [4.78, 5) is 13.0. The molecule has 0 bridgehead atoms. The molecule has 2 atom stereocenters. The number of fused-ring (bicyclic) bond motifs is 6. The van der Waals surface area contributed by atoms with E-state index in [1.807, 2.05) is 36.4 Å². The predicted molar refractivity (Wildman–Crippen MR) is 79.1 cm³/mol. The van der Waals surface area contributed by atoms with Gasteiger partial charge in [-0.2, -0.15) is 0 Å². The molecular formula is C18H14O4. The highest BCUT2D eigenvalue weighted by molar-refractivity contribution is 6.05. The third-order valence-corrected chi connectivity index (χ3v) is 4.67. The second-order valence-corrected chi connectivity index (χ2v) is 5.86. The molecule has 3 aliphatic heterocycles. The van der Waals surface area contributed by atoms with E-state index in [1.165, 1.54) is 0 Å². The molecule has 0 saturated heterocycles. The van der Waals surface area contributed by atoms with E-state index < -0.39 is 0 Å². The zero-order valence-electron chi connectivity index (χ0n) is 11.9. The van der Waals surface area contributed by atoms with E-state index in [9.17, 15) is 4.79 Å². The van der Waals surface area contributed by atoms with Crippen LogP contribution in [0.5, 0.6) is 17.2 Å². The van der Waals surface area contributed by atoms with Gasteiger partial charge in [0.25, 0.3) is 0 Å². The normalized spacial score (nSPS) is 24.1. The molecule has 0 saturated carbocycles. The molecule has 0 radical (unpaired) electrons. The van der Waals surface area contributed by atoms with Crippen LogP contribution in [0.4, 0.5) is 0 Å². The van der Waals surface area contributed by atoms with Gasteiger partial charge in [0.05, 0.1) is 18.1 Å². The van der Waals surface area contributed by atoms with Gasteiger partial charge in [0, 0.05) is 17.5 Å². The fourth-order valence-corrected chi connectivity index (χ4v) is 3.64. The van der Waals surface area contributed by atoms with Crippen molar-refractivity contribution < 1.29 is 19.0 Å². The summed E-state index contributed by atoms with van der Waals surface area (Å²) in [5.41, 5.74) is 2.61. The summed E-state index contributed by atoms with van der Waals surface area (Å²) in [6.07, 6.45) is 0.530. The first-order valence-corrected chi connectivity index (χ1v) is 7.54. The van der Waals surface area contributed by atoms with Gasteiger partial charge in [0.1, 0.15) is 30.0 Å². The SMILES string of the molecule is O=C1c2ccc3c(c2OC2COc4ccccc4C12)CCO3. The summed E-state index contributed by atoms with van der Waals surface area (Å²) < 4.78 is 17.5. The Morgan fingerprint density at radius 1 is 1.00 bits per heavy atom. The molecule has 0 N–H and O–H groups in total. The topological polar surface area (TPSA) is 44.8 Å². The van der Waals surface area contributed by atoms with Gasteiger partial charge >= 0.3 is 0 Å². The maximum atomic E-state index is 13.0. The van der Waals surface area contributed by atoms with Crippen LogP contribution in [0, 0.1) is 0 Å². The molecule has 110 valence electrons. The number of para-hydroxylation sites is 1. The van der Waals surface area contributed by atoms with Crippen LogP contribution in [0.15, 0.2) is 36.4 Å². The summed E-state index contributed by atoms with van der Waals surface area (Å²) in [7, 11) is 0. The fourth-order valence-electron chi connectivity index (χ4n) is 3.64. The molecule has 2 unspecified atom stereocenters.